The van der Waals surface area contributed by atoms with Crippen LogP contribution >= 0.6 is 0 Å². The molecule has 1 aromatic heterocycles. The number of anilines is 2. The molecule has 0 saturated heterocycles. The second-order valence-corrected chi connectivity index (χ2v) is 7.10. The number of carbonyl (C=O) groups excluding carboxylic acids is 1. The number of halogens is 3. The topological polar surface area (TPSA) is 118 Å². The van der Waals surface area contributed by atoms with Gasteiger partial charge in [-0.1, -0.05) is 0 Å². The van der Waals surface area contributed by atoms with Crippen molar-refractivity contribution in [2.24, 2.45) is 10.7 Å². The van der Waals surface area contributed by atoms with E-state index in [4.69, 9.17) is 10.5 Å². The Balaban J connectivity index is 2.09. The number of aromatic nitrogens is 2. The van der Waals surface area contributed by atoms with Crippen molar-refractivity contribution in [2.75, 3.05) is 31.3 Å². The molecular formula is C21H26F3N7O2. The molecule has 2 rings (SSSR count). The van der Waals surface area contributed by atoms with Crippen molar-refractivity contribution in [3.63, 3.8) is 0 Å². The summed E-state index contributed by atoms with van der Waals surface area (Å²) in [6, 6.07) is 2.23. The summed E-state index contributed by atoms with van der Waals surface area (Å²) in [5.74, 6) is -3.24. The average Bonchev–Trinajstić information content (AvgIpc) is 2.79. The number of carbonyl (C=O) groups is 1. The maximum absolute atomic E-state index is 14.3. The Kier molecular flexibility index (Phi) is 9.01. The molecule has 0 aliphatic carbocycles. The SMILES string of the molecule is COc1ccc(F)c(CNc2nc(NC(C=NCC(=O)N(C)C(C)C)=CN)ncc2F)c1F. The van der Waals surface area contributed by atoms with Gasteiger partial charge in [-0.3, -0.25) is 9.79 Å². The maximum Gasteiger partial charge on any atom is 0.244 e. The fourth-order valence-corrected chi connectivity index (χ4v) is 2.49. The van der Waals surface area contributed by atoms with Crippen molar-refractivity contribution in [3.05, 3.63) is 53.2 Å². The first-order valence-corrected chi connectivity index (χ1v) is 9.89. The van der Waals surface area contributed by atoms with Gasteiger partial charge in [0.2, 0.25) is 11.9 Å². The van der Waals surface area contributed by atoms with Crippen LogP contribution in [0.15, 0.2) is 35.2 Å². The minimum Gasteiger partial charge on any atom is -0.494 e. The Morgan fingerprint density at radius 3 is 2.67 bits per heavy atom. The van der Waals surface area contributed by atoms with Crippen LogP contribution < -0.4 is 21.1 Å². The lowest BCUT2D eigenvalue weighted by Gasteiger charge is -2.20. The summed E-state index contributed by atoms with van der Waals surface area (Å²) in [6.45, 7) is 3.27. The zero-order valence-corrected chi connectivity index (χ0v) is 18.7. The van der Waals surface area contributed by atoms with E-state index >= 15 is 0 Å². The molecule has 0 atom stereocenters. The van der Waals surface area contributed by atoms with Crippen LogP contribution in [0.4, 0.5) is 24.9 Å². The number of methoxy groups -OCH3 is 1. The summed E-state index contributed by atoms with van der Waals surface area (Å²) >= 11 is 0. The van der Waals surface area contributed by atoms with Crippen molar-refractivity contribution in [3.8, 4) is 5.75 Å². The van der Waals surface area contributed by atoms with E-state index in [1.54, 1.807) is 11.9 Å². The molecule has 0 aliphatic heterocycles. The molecule has 33 heavy (non-hydrogen) atoms. The second-order valence-electron chi connectivity index (χ2n) is 7.10. The number of nitrogens with two attached hydrogens (primary N) is 1. The number of allylic oxidation sites excluding steroid dienone is 1. The molecule has 0 spiro atoms. The molecule has 1 heterocycles. The van der Waals surface area contributed by atoms with E-state index in [9.17, 15) is 18.0 Å². The standard InChI is InChI=1S/C21H26F3N7O2/c1-12(2)31(3)18(32)11-26-8-13(7-25)29-21-28-10-16(23)20(30-21)27-9-14-15(22)5-6-17(33-4)19(14)24/h5-8,10,12H,9,11,25H2,1-4H3,(H2,27,28,29,30). The number of ether oxygens (including phenoxy) is 1. The number of nitrogens with one attached hydrogen (secondary N) is 2. The first-order valence-electron chi connectivity index (χ1n) is 9.89. The zero-order valence-electron chi connectivity index (χ0n) is 18.7. The fraction of sp³-hybridized carbons (Fsp3) is 0.333. The van der Waals surface area contributed by atoms with Crippen molar-refractivity contribution in [1.82, 2.24) is 14.9 Å². The van der Waals surface area contributed by atoms with Crippen LogP contribution in [0, 0.1) is 17.5 Å². The Labute approximate surface area is 189 Å². The quantitative estimate of drug-likeness (QED) is 0.462. The molecule has 2 aromatic rings. The number of hydrogen-bond acceptors (Lipinski definition) is 8. The van der Waals surface area contributed by atoms with E-state index in [2.05, 4.69) is 25.6 Å². The van der Waals surface area contributed by atoms with Crippen LogP contribution in [-0.4, -0.2) is 53.7 Å². The number of benzene rings is 1. The van der Waals surface area contributed by atoms with Gasteiger partial charge >= 0.3 is 0 Å². The molecule has 12 heteroatoms. The monoisotopic (exact) mass is 465 g/mol. The van der Waals surface area contributed by atoms with Gasteiger partial charge < -0.3 is 26.0 Å². The average molecular weight is 465 g/mol. The summed E-state index contributed by atoms with van der Waals surface area (Å²) < 4.78 is 47.3. The lowest BCUT2D eigenvalue weighted by Crippen LogP contribution is -2.34. The van der Waals surface area contributed by atoms with Crippen molar-refractivity contribution >= 4 is 23.9 Å². The van der Waals surface area contributed by atoms with E-state index in [-0.39, 0.29) is 47.3 Å². The highest BCUT2D eigenvalue weighted by atomic mass is 19.1. The third-order valence-electron chi connectivity index (χ3n) is 4.61. The molecule has 0 radical (unpaired) electrons. The minimum atomic E-state index is -0.903. The van der Waals surface area contributed by atoms with Crippen molar-refractivity contribution < 1.29 is 22.7 Å². The van der Waals surface area contributed by atoms with Gasteiger partial charge in [0, 0.05) is 37.6 Å². The van der Waals surface area contributed by atoms with Gasteiger partial charge in [0.25, 0.3) is 0 Å². The third kappa shape index (κ3) is 6.82. The molecule has 0 aliphatic rings. The largest absolute Gasteiger partial charge is 0.494 e. The highest BCUT2D eigenvalue weighted by Crippen LogP contribution is 2.24. The van der Waals surface area contributed by atoms with Gasteiger partial charge in [0.15, 0.2) is 23.2 Å². The summed E-state index contributed by atoms with van der Waals surface area (Å²) in [5, 5.41) is 5.26. The third-order valence-corrected chi connectivity index (χ3v) is 4.61. The number of nitrogens with zero attached hydrogens (tertiary/aromatic N) is 4. The molecule has 178 valence electrons. The van der Waals surface area contributed by atoms with Crippen molar-refractivity contribution in [2.45, 2.75) is 26.4 Å². The molecule has 1 aromatic carbocycles. The molecule has 9 nitrogen and oxygen atoms in total. The fourth-order valence-electron chi connectivity index (χ4n) is 2.49. The van der Waals surface area contributed by atoms with Crippen LogP contribution in [0.1, 0.15) is 19.4 Å². The number of hydrogen-bond donors (Lipinski definition) is 3. The Morgan fingerprint density at radius 1 is 1.30 bits per heavy atom. The second kappa shape index (κ2) is 11.7. The Hall–Kier alpha value is -3.83. The van der Waals surface area contributed by atoms with Gasteiger partial charge in [-0.2, -0.15) is 4.98 Å². The van der Waals surface area contributed by atoms with Crippen LogP contribution in [0.2, 0.25) is 0 Å². The van der Waals surface area contributed by atoms with Gasteiger partial charge in [0.05, 0.1) is 19.0 Å². The lowest BCUT2D eigenvalue weighted by atomic mass is 10.2. The lowest BCUT2D eigenvalue weighted by molar-refractivity contribution is -0.129. The van der Waals surface area contributed by atoms with E-state index in [0.29, 0.717) is 0 Å². The van der Waals surface area contributed by atoms with Crippen LogP contribution in [0.5, 0.6) is 5.75 Å². The Morgan fingerprint density at radius 2 is 2.03 bits per heavy atom. The summed E-state index contributed by atoms with van der Waals surface area (Å²) in [4.78, 5) is 25.3. The highest BCUT2D eigenvalue weighted by molar-refractivity contribution is 5.85. The van der Waals surface area contributed by atoms with Gasteiger partial charge in [-0.05, 0) is 26.0 Å². The van der Waals surface area contributed by atoms with Gasteiger partial charge in [-0.15, -0.1) is 0 Å². The molecule has 0 fully saturated rings. The number of amides is 1. The first kappa shape index (κ1) is 25.4. The molecule has 4 N–H and O–H groups in total. The van der Waals surface area contributed by atoms with E-state index in [1.165, 1.54) is 19.5 Å². The summed E-state index contributed by atoms with van der Waals surface area (Å²) in [5.41, 5.74) is 5.46. The Bertz CT molecular complexity index is 1040. The number of likely N-dealkylation sites (N-methyl/N-ethyl adjacent to an activating group) is 1. The van der Waals surface area contributed by atoms with E-state index in [0.717, 1.165) is 18.3 Å². The molecule has 0 saturated carbocycles. The summed E-state index contributed by atoms with van der Waals surface area (Å²) in [7, 11) is 2.92. The van der Waals surface area contributed by atoms with Crippen molar-refractivity contribution in [1.29, 1.82) is 0 Å². The summed E-state index contributed by atoms with van der Waals surface area (Å²) in [6.07, 6.45) is 3.36. The smallest absolute Gasteiger partial charge is 0.244 e. The normalized spacial score (nSPS) is 11.7. The predicted octanol–water partition coefficient (Wildman–Crippen LogP) is 2.66. The van der Waals surface area contributed by atoms with Crippen LogP contribution in [0.3, 0.4) is 0 Å². The van der Waals surface area contributed by atoms with E-state index in [1.807, 2.05) is 13.8 Å². The van der Waals surface area contributed by atoms with Crippen LogP contribution in [-0.2, 0) is 11.3 Å². The van der Waals surface area contributed by atoms with E-state index < -0.39 is 24.0 Å². The molecule has 0 bridgehead atoms. The number of rotatable bonds is 10. The maximum atomic E-state index is 14.3. The molecule has 1 amide bonds. The number of aliphatic imine (C=N–C) groups is 1. The van der Waals surface area contributed by atoms with Gasteiger partial charge in [0.1, 0.15) is 12.4 Å². The predicted molar refractivity (Wildman–Crippen MR) is 119 cm³/mol. The highest BCUT2D eigenvalue weighted by Gasteiger charge is 2.16. The molecule has 0 unspecified atom stereocenters. The van der Waals surface area contributed by atoms with Crippen LogP contribution in [0.25, 0.3) is 0 Å². The molecular weight excluding hydrogens is 439 g/mol. The van der Waals surface area contributed by atoms with Gasteiger partial charge in [-0.25, -0.2) is 18.2 Å². The zero-order chi connectivity index (χ0) is 24.5. The first-order chi connectivity index (χ1) is 15.7. The minimum absolute atomic E-state index is 0.0350.